The summed E-state index contributed by atoms with van der Waals surface area (Å²) >= 11 is 0. The second kappa shape index (κ2) is 5.48. The van der Waals surface area contributed by atoms with Crippen molar-refractivity contribution in [3.05, 3.63) is 0 Å². The minimum Gasteiger partial charge on any atom is -0.328 e. The van der Waals surface area contributed by atoms with E-state index >= 15 is 0 Å². The van der Waals surface area contributed by atoms with Gasteiger partial charge >= 0.3 is 0 Å². The summed E-state index contributed by atoms with van der Waals surface area (Å²) in [6.45, 7) is 6.62. The summed E-state index contributed by atoms with van der Waals surface area (Å²) in [4.78, 5) is 4.86. The number of nitrogens with zero attached hydrogens (tertiary/aromatic N) is 2. The molecule has 0 aromatic carbocycles. The molecular weight excluding hydrogens is 198 g/mol. The van der Waals surface area contributed by atoms with Crippen molar-refractivity contribution < 1.29 is 0 Å². The average molecular weight is 227 g/mol. The molecule has 0 radical (unpaired) electrons. The van der Waals surface area contributed by atoms with Gasteiger partial charge in [0, 0.05) is 24.7 Å². The molecule has 1 saturated carbocycles. The minimum absolute atomic E-state index is 0.291. The zero-order valence-corrected chi connectivity index (χ0v) is 11.7. The topological polar surface area (TPSA) is 32.5 Å². The molecule has 3 nitrogen and oxygen atoms in total. The molecule has 0 heterocycles. The highest BCUT2D eigenvalue weighted by atomic mass is 15.2. The Bertz CT molecular complexity index is 209. The fourth-order valence-electron chi connectivity index (χ4n) is 2.56. The molecule has 1 aliphatic rings. The number of likely N-dealkylation sites (N-methyl/N-ethyl adjacent to an activating group) is 2. The molecular formula is C13H29N3. The minimum atomic E-state index is 0.291. The highest BCUT2D eigenvalue weighted by molar-refractivity contribution is 4.98. The zero-order valence-electron chi connectivity index (χ0n) is 11.7. The summed E-state index contributed by atoms with van der Waals surface area (Å²) < 4.78 is 0. The van der Waals surface area contributed by atoms with Gasteiger partial charge in [-0.3, -0.25) is 0 Å². The standard InChI is InChI=1S/C13H29N3/c1-11(12(2)14)9-16(5)10-13(15(3)4)7-6-8-13/h11-12H,6-10,14H2,1-5H3. The van der Waals surface area contributed by atoms with E-state index < -0.39 is 0 Å². The smallest absolute Gasteiger partial charge is 0.0330 e. The lowest BCUT2D eigenvalue weighted by molar-refractivity contribution is 0.0240. The van der Waals surface area contributed by atoms with Gasteiger partial charge in [-0.25, -0.2) is 0 Å². The van der Waals surface area contributed by atoms with Gasteiger partial charge in [-0.15, -0.1) is 0 Å². The van der Waals surface area contributed by atoms with Crippen LogP contribution < -0.4 is 5.73 Å². The normalized spacial score (nSPS) is 23.2. The maximum absolute atomic E-state index is 5.92. The molecule has 1 fully saturated rings. The predicted molar refractivity (Wildman–Crippen MR) is 70.6 cm³/mol. The molecule has 0 aromatic rings. The Kier molecular flexibility index (Phi) is 4.77. The fraction of sp³-hybridized carbons (Fsp3) is 1.00. The van der Waals surface area contributed by atoms with Gasteiger partial charge in [-0.2, -0.15) is 0 Å². The number of rotatable bonds is 6. The van der Waals surface area contributed by atoms with Crippen LogP contribution in [0.1, 0.15) is 33.1 Å². The van der Waals surface area contributed by atoms with Gasteiger partial charge in [0.1, 0.15) is 0 Å². The van der Waals surface area contributed by atoms with Crippen molar-refractivity contribution >= 4 is 0 Å². The lowest BCUT2D eigenvalue weighted by Gasteiger charge is -2.49. The van der Waals surface area contributed by atoms with E-state index in [1.165, 1.54) is 25.8 Å². The van der Waals surface area contributed by atoms with Gasteiger partial charge in [0.15, 0.2) is 0 Å². The number of nitrogens with two attached hydrogens (primary N) is 1. The lowest BCUT2D eigenvalue weighted by Crippen LogP contribution is -2.57. The van der Waals surface area contributed by atoms with Crippen molar-refractivity contribution in [2.24, 2.45) is 11.7 Å². The first-order chi connectivity index (χ1) is 7.37. The van der Waals surface area contributed by atoms with Crippen molar-refractivity contribution in [3.8, 4) is 0 Å². The van der Waals surface area contributed by atoms with Crippen LogP contribution in [0.15, 0.2) is 0 Å². The summed E-state index contributed by atoms with van der Waals surface area (Å²) in [5, 5.41) is 0. The largest absolute Gasteiger partial charge is 0.328 e. The van der Waals surface area contributed by atoms with Crippen molar-refractivity contribution in [3.63, 3.8) is 0 Å². The van der Waals surface area contributed by atoms with Crippen LogP contribution >= 0.6 is 0 Å². The zero-order chi connectivity index (χ0) is 12.3. The van der Waals surface area contributed by atoms with Crippen molar-refractivity contribution in [1.82, 2.24) is 9.80 Å². The van der Waals surface area contributed by atoms with Crippen LogP contribution in [0, 0.1) is 5.92 Å². The Morgan fingerprint density at radius 1 is 1.19 bits per heavy atom. The Hall–Kier alpha value is -0.120. The SMILES string of the molecule is CC(N)C(C)CN(C)CC1(N(C)C)CCC1. The van der Waals surface area contributed by atoms with E-state index in [-0.39, 0.29) is 0 Å². The van der Waals surface area contributed by atoms with E-state index in [4.69, 9.17) is 5.73 Å². The molecule has 0 saturated heterocycles. The third-order valence-corrected chi connectivity index (χ3v) is 4.29. The maximum atomic E-state index is 5.92. The average Bonchev–Trinajstić information content (AvgIpc) is 2.10. The van der Waals surface area contributed by atoms with Gasteiger partial charge in [-0.05, 0) is 53.2 Å². The fourth-order valence-corrected chi connectivity index (χ4v) is 2.56. The first-order valence-electron chi connectivity index (χ1n) is 6.49. The Morgan fingerprint density at radius 3 is 2.06 bits per heavy atom. The second-order valence-corrected chi connectivity index (χ2v) is 6.01. The molecule has 96 valence electrons. The van der Waals surface area contributed by atoms with E-state index in [1.807, 2.05) is 0 Å². The molecule has 16 heavy (non-hydrogen) atoms. The predicted octanol–water partition coefficient (Wildman–Crippen LogP) is 1.39. The van der Waals surface area contributed by atoms with Gasteiger partial charge in [0.05, 0.1) is 0 Å². The molecule has 0 aromatic heterocycles. The quantitative estimate of drug-likeness (QED) is 0.744. The van der Waals surface area contributed by atoms with Crippen LogP contribution in [-0.2, 0) is 0 Å². The highest BCUT2D eigenvalue weighted by Gasteiger charge is 2.39. The molecule has 2 N–H and O–H groups in total. The van der Waals surface area contributed by atoms with Crippen LogP contribution in [0.2, 0.25) is 0 Å². The molecule has 0 aliphatic heterocycles. The number of hydrogen-bond donors (Lipinski definition) is 1. The molecule has 0 spiro atoms. The third kappa shape index (κ3) is 3.19. The van der Waals surface area contributed by atoms with E-state index in [1.54, 1.807) is 0 Å². The summed E-state index contributed by atoms with van der Waals surface area (Å²) in [7, 11) is 6.65. The van der Waals surface area contributed by atoms with Gasteiger partial charge < -0.3 is 15.5 Å². The Morgan fingerprint density at radius 2 is 1.75 bits per heavy atom. The van der Waals surface area contributed by atoms with Crippen molar-refractivity contribution in [2.75, 3.05) is 34.2 Å². The molecule has 3 heteroatoms. The first kappa shape index (κ1) is 13.9. The molecule has 0 bridgehead atoms. The van der Waals surface area contributed by atoms with Gasteiger partial charge in [0.2, 0.25) is 0 Å². The van der Waals surface area contributed by atoms with Crippen LogP contribution in [0.25, 0.3) is 0 Å². The summed E-state index contributed by atoms with van der Waals surface area (Å²) in [6.07, 6.45) is 4.07. The van der Waals surface area contributed by atoms with Gasteiger partial charge in [0.25, 0.3) is 0 Å². The highest BCUT2D eigenvalue weighted by Crippen LogP contribution is 2.36. The summed E-state index contributed by atoms with van der Waals surface area (Å²) in [6, 6.07) is 0.291. The summed E-state index contributed by atoms with van der Waals surface area (Å²) in [5.74, 6) is 0.573. The van der Waals surface area contributed by atoms with Crippen LogP contribution in [0.4, 0.5) is 0 Å². The Labute approximate surface area is 101 Å². The monoisotopic (exact) mass is 227 g/mol. The lowest BCUT2D eigenvalue weighted by atomic mass is 9.75. The van der Waals surface area contributed by atoms with Crippen molar-refractivity contribution in [1.29, 1.82) is 0 Å². The van der Waals surface area contributed by atoms with Crippen LogP contribution in [0.5, 0.6) is 0 Å². The maximum Gasteiger partial charge on any atom is 0.0330 e. The van der Waals surface area contributed by atoms with Gasteiger partial charge in [-0.1, -0.05) is 6.92 Å². The van der Waals surface area contributed by atoms with Crippen molar-refractivity contribution in [2.45, 2.75) is 44.7 Å². The molecule has 2 atom stereocenters. The van der Waals surface area contributed by atoms with E-state index in [2.05, 4.69) is 44.8 Å². The van der Waals surface area contributed by atoms with E-state index in [9.17, 15) is 0 Å². The molecule has 1 aliphatic carbocycles. The molecule has 1 rings (SSSR count). The second-order valence-electron chi connectivity index (χ2n) is 6.01. The van der Waals surface area contributed by atoms with Crippen LogP contribution in [-0.4, -0.2) is 55.6 Å². The molecule has 2 unspecified atom stereocenters. The number of hydrogen-bond acceptors (Lipinski definition) is 3. The summed E-state index contributed by atoms with van der Waals surface area (Å²) in [5.41, 5.74) is 6.35. The third-order valence-electron chi connectivity index (χ3n) is 4.29. The van der Waals surface area contributed by atoms with Crippen LogP contribution in [0.3, 0.4) is 0 Å². The first-order valence-corrected chi connectivity index (χ1v) is 6.49. The van der Waals surface area contributed by atoms with E-state index in [0.717, 1.165) is 6.54 Å². The Balaban J connectivity index is 2.41. The van der Waals surface area contributed by atoms with E-state index in [0.29, 0.717) is 17.5 Å². The molecule has 0 amide bonds.